The molecule has 0 spiro atoms. The van der Waals surface area contributed by atoms with E-state index < -0.39 is 0 Å². The Bertz CT molecular complexity index is 662. The number of nitrogens with one attached hydrogen (secondary N) is 1. The summed E-state index contributed by atoms with van der Waals surface area (Å²) in [5.41, 5.74) is 1.40. The monoisotopic (exact) mass is 330 g/mol. The number of rotatable bonds is 5. The number of carbonyl (C=O) groups excluding carboxylic acids is 2. The summed E-state index contributed by atoms with van der Waals surface area (Å²) in [6, 6.07) is 11.6. The van der Waals surface area contributed by atoms with E-state index in [0.717, 1.165) is 17.3 Å². The molecule has 5 nitrogen and oxygen atoms in total. The maximum atomic E-state index is 12.0. The fourth-order valence-corrected chi connectivity index (χ4v) is 3.19. The van der Waals surface area contributed by atoms with Crippen LogP contribution in [0.2, 0.25) is 0 Å². The lowest BCUT2D eigenvalue weighted by atomic mass is 9.87. The van der Waals surface area contributed by atoms with Gasteiger partial charge in [0.05, 0.1) is 28.5 Å². The van der Waals surface area contributed by atoms with Crippen LogP contribution >= 0.6 is 11.8 Å². The van der Waals surface area contributed by atoms with E-state index in [2.05, 4.69) is 11.4 Å². The van der Waals surface area contributed by atoms with Gasteiger partial charge in [0.25, 0.3) is 0 Å². The Morgan fingerprint density at radius 3 is 2.74 bits per heavy atom. The Morgan fingerprint density at radius 1 is 1.43 bits per heavy atom. The summed E-state index contributed by atoms with van der Waals surface area (Å²) >= 11 is 1.13. The first-order chi connectivity index (χ1) is 11.0. The zero-order valence-electron chi connectivity index (χ0n) is 13.0. The number of thioether (sulfide) groups is 1. The van der Waals surface area contributed by atoms with Gasteiger partial charge in [-0.2, -0.15) is 5.26 Å². The highest BCUT2D eigenvalue weighted by Crippen LogP contribution is 2.35. The van der Waals surface area contributed by atoms with Crippen molar-refractivity contribution < 1.29 is 14.3 Å². The van der Waals surface area contributed by atoms with Crippen LogP contribution in [0.15, 0.2) is 40.9 Å². The van der Waals surface area contributed by atoms with Crippen LogP contribution in [0.4, 0.5) is 0 Å². The van der Waals surface area contributed by atoms with Gasteiger partial charge in [-0.15, -0.1) is 0 Å². The molecule has 1 aliphatic heterocycles. The Labute approximate surface area is 139 Å². The molecule has 1 N–H and O–H groups in total. The number of esters is 1. The van der Waals surface area contributed by atoms with E-state index in [0.29, 0.717) is 10.6 Å². The van der Waals surface area contributed by atoms with Crippen molar-refractivity contribution in [2.75, 3.05) is 5.75 Å². The second-order valence-electron chi connectivity index (χ2n) is 5.40. The molecule has 0 aromatic heterocycles. The van der Waals surface area contributed by atoms with Crippen LogP contribution in [0, 0.1) is 11.3 Å². The van der Waals surface area contributed by atoms with E-state index in [1.54, 1.807) is 13.8 Å². The molecule has 1 unspecified atom stereocenters. The molecule has 2 rings (SSSR count). The molecule has 1 aromatic rings. The van der Waals surface area contributed by atoms with Gasteiger partial charge in [-0.05, 0) is 19.4 Å². The Balaban J connectivity index is 2.21. The lowest BCUT2D eigenvalue weighted by molar-refractivity contribution is -0.144. The van der Waals surface area contributed by atoms with Gasteiger partial charge in [0.2, 0.25) is 5.91 Å². The molecule has 1 atom stereocenters. The Hall–Kier alpha value is -2.26. The topological polar surface area (TPSA) is 79.2 Å². The summed E-state index contributed by atoms with van der Waals surface area (Å²) in [4.78, 5) is 23.6. The number of amides is 1. The zero-order valence-corrected chi connectivity index (χ0v) is 13.9. The smallest absolute Gasteiger partial charge is 0.316 e. The molecule has 0 saturated heterocycles. The summed E-state index contributed by atoms with van der Waals surface area (Å²) in [5.74, 6) is -0.748. The minimum absolute atomic E-state index is 0.0560. The number of hydrogen-bond donors (Lipinski definition) is 1. The zero-order chi connectivity index (χ0) is 16.8. The van der Waals surface area contributed by atoms with E-state index in [9.17, 15) is 14.9 Å². The SMILES string of the molecule is CC(C)OC(=O)CSC1=C(C#N)C(c2ccccc2)CC(=O)N1. The van der Waals surface area contributed by atoms with Crippen molar-refractivity contribution in [3.05, 3.63) is 46.5 Å². The highest BCUT2D eigenvalue weighted by atomic mass is 32.2. The summed E-state index contributed by atoms with van der Waals surface area (Å²) in [7, 11) is 0. The first-order valence-corrected chi connectivity index (χ1v) is 8.31. The van der Waals surface area contributed by atoms with Crippen molar-refractivity contribution in [1.29, 1.82) is 5.26 Å². The molecule has 0 bridgehead atoms. The molecule has 1 amide bonds. The lowest BCUT2D eigenvalue weighted by Gasteiger charge is -2.25. The number of benzene rings is 1. The highest BCUT2D eigenvalue weighted by Gasteiger charge is 2.29. The second-order valence-corrected chi connectivity index (χ2v) is 6.38. The average Bonchev–Trinajstić information content (AvgIpc) is 2.52. The third-order valence-corrected chi connectivity index (χ3v) is 4.25. The molecule has 0 aliphatic carbocycles. The van der Waals surface area contributed by atoms with Crippen molar-refractivity contribution >= 4 is 23.6 Å². The Kier molecular flexibility index (Phi) is 5.83. The predicted molar refractivity (Wildman–Crippen MR) is 88.3 cm³/mol. The molecular weight excluding hydrogens is 312 g/mol. The van der Waals surface area contributed by atoms with E-state index in [4.69, 9.17) is 4.74 Å². The number of ether oxygens (including phenoxy) is 1. The normalized spacial score (nSPS) is 17.7. The van der Waals surface area contributed by atoms with Crippen LogP contribution in [0.1, 0.15) is 31.7 Å². The first kappa shape index (κ1) is 17.1. The molecule has 23 heavy (non-hydrogen) atoms. The van der Waals surface area contributed by atoms with Crippen molar-refractivity contribution in [2.24, 2.45) is 0 Å². The van der Waals surface area contributed by atoms with Crippen molar-refractivity contribution in [2.45, 2.75) is 32.3 Å². The summed E-state index contributed by atoms with van der Waals surface area (Å²) in [6.45, 7) is 3.55. The molecule has 0 saturated carbocycles. The fraction of sp³-hybridized carbons (Fsp3) is 0.353. The van der Waals surface area contributed by atoms with E-state index in [1.165, 1.54) is 0 Å². The van der Waals surface area contributed by atoms with Crippen LogP contribution in [-0.4, -0.2) is 23.7 Å². The van der Waals surface area contributed by atoms with Crippen LogP contribution in [0.3, 0.4) is 0 Å². The minimum atomic E-state index is -0.370. The first-order valence-electron chi connectivity index (χ1n) is 7.32. The predicted octanol–water partition coefficient (Wildman–Crippen LogP) is 2.71. The summed E-state index contributed by atoms with van der Waals surface area (Å²) in [6.07, 6.45) is 0.0402. The number of carbonyl (C=O) groups is 2. The van der Waals surface area contributed by atoms with Gasteiger partial charge < -0.3 is 10.1 Å². The number of nitriles is 1. The van der Waals surface area contributed by atoms with Crippen LogP contribution in [-0.2, 0) is 14.3 Å². The maximum absolute atomic E-state index is 12.0. The van der Waals surface area contributed by atoms with Gasteiger partial charge in [-0.25, -0.2) is 0 Å². The van der Waals surface area contributed by atoms with Gasteiger partial charge in [0.15, 0.2) is 0 Å². The summed E-state index contributed by atoms with van der Waals surface area (Å²) < 4.78 is 5.07. The van der Waals surface area contributed by atoms with Gasteiger partial charge in [-0.1, -0.05) is 42.1 Å². The number of hydrogen-bond acceptors (Lipinski definition) is 5. The van der Waals surface area contributed by atoms with Gasteiger partial charge in [0, 0.05) is 12.3 Å². The van der Waals surface area contributed by atoms with Crippen LogP contribution in [0.5, 0.6) is 0 Å². The Morgan fingerprint density at radius 2 is 2.13 bits per heavy atom. The third kappa shape index (κ3) is 4.60. The van der Waals surface area contributed by atoms with E-state index in [1.807, 2.05) is 30.3 Å². The van der Waals surface area contributed by atoms with Gasteiger partial charge >= 0.3 is 5.97 Å². The molecule has 120 valence electrons. The van der Waals surface area contributed by atoms with E-state index >= 15 is 0 Å². The number of nitrogens with zero attached hydrogens (tertiary/aromatic N) is 1. The highest BCUT2D eigenvalue weighted by molar-refractivity contribution is 8.03. The molecule has 0 radical (unpaired) electrons. The third-order valence-electron chi connectivity index (χ3n) is 3.26. The second kappa shape index (κ2) is 7.84. The molecule has 6 heteroatoms. The molecule has 1 aliphatic rings. The van der Waals surface area contributed by atoms with E-state index in [-0.39, 0.29) is 36.1 Å². The molecule has 1 heterocycles. The fourth-order valence-electron chi connectivity index (χ4n) is 2.33. The molecule has 0 fully saturated rings. The van der Waals surface area contributed by atoms with Gasteiger partial charge in [0.1, 0.15) is 0 Å². The standard InChI is InChI=1S/C17H18N2O3S/c1-11(2)22-16(21)10-23-17-14(9-18)13(8-15(20)19-17)12-6-4-3-5-7-12/h3-7,11,13H,8,10H2,1-2H3,(H,19,20). The average molecular weight is 330 g/mol. The molecule has 1 aromatic carbocycles. The molecular formula is C17H18N2O3S. The van der Waals surface area contributed by atoms with Crippen molar-refractivity contribution in [3.8, 4) is 6.07 Å². The van der Waals surface area contributed by atoms with Crippen LogP contribution < -0.4 is 5.32 Å². The lowest BCUT2D eigenvalue weighted by Crippen LogP contribution is -2.31. The summed E-state index contributed by atoms with van der Waals surface area (Å²) in [5, 5.41) is 12.6. The van der Waals surface area contributed by atoms with Crippen molar-refractivity contribution in [1.82, 2.24) is 5.32 Å². The van der Waals surface area contributed by atoms with Crippen LogP contribution in [0.25, 0.3) is 0 Å². The number of allylic oxidation sites excluding steroid dienone is 1. The largest absolute Gasteiger partial charge is 0.462 e. The minimum Gasteiger partial charge on any atom is -0.462 e. The van der Waals surface area contributed by atoms with Crippen molar-refractivity contribution in [3.63, 3.8) is 0 Å². The maximum Gasteiger partial charge on any atom is 0.316 e. The quantitative estimate of drug-likeness (QED) is 0.840. The van der Waals surface area contributed by atoms with Gasteiger partial charge in [-0.3, -0.25) is 9.59 Å².